The summed E-state index contributed by atoms with van der Waals surface area (Å²) in [4.78, 5) is 0. The highest BCUT2D eigenvalue weighted by molar-refractivity contribution is 5.68. The van der Waals surface area contributed by atoms with Crippen LogP contribution in [0.25, 0.3) is 6.08 Å². The lowest BCUT2D eigenvalue weighted by Gasteiger charge is -2.01. The minimum atomic E-state index is 1.25. The average molecular weight is 213 g/mol. The van der Waals surface area contributed by atoms with Gasteiger partial charge in [-0.1, -0.05) is 68.5 Å². The van der Waals surface area contributed by atoms with Gasteiger partial charge in [0.1, 0.15) is 0 Å². The molecule has 0 heterocycles. The Morgan fingerprint density at radius 3 is 2.38 bits per heavy atom. The molecule has 0 aromatic heterocycles. The van der Waals surface area contributed by atoms with E-state index in [0.29, 0.717) is 0 Å². The fraction of sp³-hybridized carbons (Fsp3) is 0.438. The predicted octanol–water partition coefficient (Wildman–Crippen LogP) is 5.00. The third-order valence-corrected chi connectivity index (χ3v) is 3.25. The molecule has 0 nitrogen and oxygen atoms in total. The van der Waals surface area contributed by atoms with Crippen molar-refractivity contribution in [3.8, 4) is 0 Å². The molecule has 0 amide bonds. The van der Waals surface area contributed by atoms with Crippen LogP contribution in [0.1, 0.15) is 56.6 Å². The van der Waals surface area contributed by atoms with E-state index in [-0.39, 0.29) is 0 Å². The van der Waals surface area contributed by atoms with Crippen molar-refractivity contribution in [1.29, 1.82) is 0 Å². The number of fused-ring (bicyclic) bond motifs is 1. The number of hydrogen-bond acceptors (Lipinski definition) is 0. The van der Waals surface area contributed by atoms with Gasteiger partial charge >= 0.3 is 0 Å². The van der Waals surface area contributed by atoms with Gasteiger partial charge in [-0.25, -0.2) is 0 Å². The van der Waals surface area contributed by atoms with Crippen molar-refractivity contribution in [2.24, 2.45) is 0 Å². The topological polar surface area (TPSA) is 0 Å². The molecule has 0 unspecified atom stereocenters. The van der Waals surface area contributed by atoms with Gasteiger partial charge < -0.3 is 0 Å². The molecule has 0 fully saturated rings. The lowest BCUT2D eigenvalue weighted by Crippen LogP contribution is -1.83. The lowest BCUT2D eigenvalue weighted by molar-refractivity contribution is 0.633. The molecule has 0 bridgehead atoms. The minimum Gasteiger partial charge on any atom is -0.0654 e. The second-order valence-corrected chi connectivity index (χ2v) is 4.66. The van der Waals surface area contributed by atoms with Gasteiger partial charge in [-0.3, -0.25) is 0 Å². The standard InChI is InChI=1S/C16H21/c1-2-3-4-5-6-9-14-12-15-10-7-8-11-16(15)13-14/h7-8,10-13H,2-6,9H2,1H3. The van der Waals surface area contributed by atoms with Gasteiger partial charge in [-0.2, -0.15) is 0 Å². The second-order valence-electron chi connectivity index (χ2n) is 4.66. The normalized spacial score (nSPS) is 13.7. The first kappa shape index (κ1) is 11.4. The van der Waals surface area contributed by atoms with Gasteiger partial charge in [0.25, 0.3) is 0 Å². The summed E-state index contributed by atoms with van der Waals surface area (Å²) >= 11 is 0. The average Bonchev–Trinajstić information content (AvgIpc) is 2.71. The van der Waals surface area contributed by atoms with Crippen molar-refractivity contribution >= 4 is 6.08 Å². The zero-order valence-corrected chi connectivity index (χ0v) is 10.2. The number of hydrogen-bond donors (Lipinski definition) is 0. The fourth-order valence-corrected chi connectivity index (χ4v) is 2.29. The van der Waals surface area contributed by atoms with Gasteiger partial charge in [-0.05, 0) is 24.0 Å². The monoisotopic (exact) mass is 213 g/mol. The Kier molecular flexibility index (Phi) is 4.21. The van der Waals surface area contributed by atoms with Crippen molar-refractivity contribution in [2.45, 2.75) is 45.4 Å². The summed E-state index contributed by atoms with van der Waals surface area (Å²) in [6.45, 7) is 2.27. The second kappa shape index (κ2) is 5.89. The van der Waals surface area contributed by atoms with Crippen molar-refractivity contribution < 1.29 is 0 Å². The highest BCUT2D eigenvalue weighted by atomic mass is 14.2. The molecule has 2 rings (SSSR count). The van der Waals surface area contributed by atoms with E-state index >= 15 is 0 Å². The van der Waals surface area contributed by atoms with E-state index in [1.54, 1.807) is 0 Å². The van der Waals surface area contributed by atoms with E-state index in [4.69, 9.17) is 0 Å². The van der Waals surface area contributed by atoms with Crippen molar-refractivity contribution in [1.82, 2.24) is 0 Å². The molecule has 1 aromatic carbocycles. The summed E-state index contributed by atoms with van der Waals surface area (Å²) < 4.78 is 0. The quantitative estimate of drug-likeness (QED) is 0.583. The molecule has 0 spiro atoms. The third kappa shape index (κ3) is 2.98. The van der Waals surface area contributed by atoms with Crippen LogP contribution in [0.2, 0.25) is 0 Å². The zero-order valence-electron chi connectivity index (χ0n) is 10.2. The van der Waals surface area contributed by atoms with Crippen molar-refractivity contribution in [2.75, 3.05) is 0 Å². The van der Waals surface area contributed by atoms with Crippen LogP contribution in [0.15, 0.2) is 29.8 Å². The Bertz CT molecular complexity index is 360. The Labute approximate surface area is 99.4 Å². The predicted molar refractivity (Wildman–Crippen MR) is 71.2 cm³/mol. The van der Waals surface area contributed by atoms with Crippen molar-refractivity contribution in [3.63, 3.8) is 0 Å². The van der Waals surface area contributed by atoms with Crippen LogP contribution in [-0.4, -0.2) is 0 Å². The van der Waals surface area contributed by atoms with E-state index in [1.165, 1.54) is 55.2 Å². The summed E-state index contributed by atoms with van der Waals surface area (Å²) in [6.07, 6.45) is 12.8. The Balaban J connectivity index is 1.74. The van der Waals surface area contributed by atoms with Gasteiger partial charge in [0, 0.05) is 6.42 Å². The van der Waals surface area contributed by atoms with E-state index in [2.05, 4.69) is 43.7 Å². The maximum Gasteiger partial charge on any atom is 0.0164 e. The Morgan fingerprint density at radius 2 is 1.62 bits per heavy atom. The maximum absolute atomic E-state index is 2.34. The molecule has 1 aromatic rings. The van der Waals surface area contributed by atoms with Gasteiger partial charge in [0.15, 0.2) is 0 Å². The first-order valence-electron chi connectivity index (χ1n) is 6.54. The Hall–Kier alpha value is -1.04. The largest absolute Gasteiger partial charge is 0.0654 e. The molecule has 85 valence electrons. The maximum atomic E-state index is 2.34. The SMILES string of the molecule is CCCCCCCC1=Cc2ccccc2[CH]1. The number of benzene rings is 1. The van der Waals surface area contributed by atoms with Crippen LogP contribution in [0.4, 0.5) is 0 Å². The van der Waals surface area contributed by atoms with Crippen LogP contribution in [-0.2, 0) is 0 Å². The molecule has 0 N–H and O–H groups in total. The van der Waals surface area contributed by atoms with Crippen molar-refractivity contribution in [3.05, 3.63) is 47.4 Å². The summed E-state index contributed by atoms with van der Waals surface area (Å²) in [5.74, 6) is 0. The van der Waals surface area contributed by atoms with Crippen LogP contribution < -0.4 is 0 Å². The van der Waals surface area contributed by atoms with E-state index in [9.17, 15) is 0 Å². The first-order valence-corrected chi connectivity index (χ1v) is 6.54. The number of unbranched alkanes of at least 4 members (excludes halogenated alkanes) is 4. The molecule has 16 heavy (non-hydrogen) atoms. The van der Waals surface area contributed by atoms with E-state index < -0.39 is 0 Å². The van der Waals surface area contributed by atoms with Crippen LogP contribution >= 0.6 is 0 Å². The minimum absolute atomic E-state index is 1.25. The summed E-state index contributed by atoms with van der Waals surface area (Å²) in [5.41, 5.74) is 4.30. The van der Waals surface area contributed by atoms with Gasteiger partial charge in [0.2, 0.25) is 0 Å². The third-order valence-electron chi connectivity index (χ3n) is 3.25. The molecule has 0 saturated carbocycles. The zero-order chi connectivity index (χ0) is 11.2. The first-order chi connectivity index (χ1) is 7.90. The lowest BCUT2D eigenvalue weighted by atomic mass is 10.0. The van der Waals surface area contributed by atoms with E-state index in [1.807, 2.05) is 0 Å². The highest BCUT2D eigenvalue weighted by Gasteiger charge is 2.11. The molecule has 1 aliphatic rings. The molecule has 1 aliphatic carbocycles. The molecule has 0 atom stereocenters. The molecule has 0 heteroatoms. The molecular formula is C16H21. The van der Waals surface area contributed by atoms with Crippen LogP contribution in [0.3, 0.4) is 0 Å². The van der Waals surface area contributed by atoms with Gasteiger partial charge in [0.05, 0.1) is 0 Å². The summed E-state index contributed by atoms with van der Waals surface area (Å²) in [6, 6.07) is 8.65. The van der Waals surface area contributed by atoms with Crippen LogP contribution in [0.5, 0.6) is 0 Å². The summed E-state index contributed by atoms with van der Waals surface area (Å²) in [5, 5.41) is 0. The van der Waals surface area contributed by atoms with E-state index in [0.717, 1.165) is 0 Å². The fourth-order valence-electron chi connectivity index (χ4n) is 2.29. The smallest absolute Gasteiger partial charge is 0.0164 e. The number of rotatable bonds is 6. The summed E-state index contributed by atoms with van der Waals surface area (Å²) in [7, 11) is 0. The molecule has 0 saturated heterocycles. The molecular weight excluding hydrogens is 192 g/mol. The van der Waals surface area contributed by atoms with Gasteiger partial charge in [-0.15, -0.1) is 0 Å². The Morgan fingerprint density at radius 1 is 0.875 bits per heavy atom. The molecule has 0 aliphatic heterocycles. The highest BCUT2D eigenvalue weighted by Crippen LogP contribution is 2.29. The molecule has 1 radical (unpaired) electrons. The number of allylic oxidation sites excluding steroid dienone is 1. The van der Waals surface area contributed by atoms with Crippen LogP contribution in [0, 0.1) is 6.42 Å².